The van der Waals surface area contributed by atoms with Gasteiger partial charge in [0.1, 0.15) is 11.8 Å². The number of aromatic nitrogens is 2. The molecule has 0 fully saturated rings. The molecule has 2 heterocycles. The molecule has 3 aromatic carbocycles. The van der Waals surface area contributed by atoms with Gasteiger partial charge in [0.05, 0.1) is 35.8 Å². The number of ether oxygens (including phenoxy) is 1. The number of anilines is 2. The summed E-state index contributed by atoms with van der Waals surface area (Å²) < 4.78 is 47.0. The average molecular weight is 509 g/mol. The molecule has 1 aliphatic rings. The van der Waals surface area contributed by atoms with Crippen molar-refractivity contribution in [1.82, 2.24) is 9.55 Å². The molecule has 0 radical (unpaired) electrons. The van der Waals surface area contributed by atoms with Crippen LogP contribution in [0.1, 0.15) is 23.6 Å². The number of carbonyl (C=O) groups excluding carboxylic acids is 2. The molecule has 5 rings (SSSR count). The number of rotatable bonds is 7. The van der Waals surface area contributed by atoms with Crippen molar-refractivity contribution in [2.45, 2.75) is 25.1 Å². The number of methoxy groups -OCH3 is 1. The van der Waals surface area contributed by atoms with Crippen molar-refractivity contribution >= 4 is 34.5 Å². The van der Waals surface area contributed by atoms with E-state index in [-0.39, 0.29) is 18.0 Å². The lowest BCUT2D eigenvalue weighted by Gasteiger charge is -2.17. The molecular weight excluding hydrogens is 485 g/mol. The summed E-state index contributed by atoms with van der Waals surface area (Å²) >= 11 is 0. The molecule has 0 unspecified atom stereocenters. The Balaban J connectivity index is 1.40. The van der Waals surface area contributed by atoms with Gasteiger partial charge in [0.15, 0.2) is 0 Å². The lowest BCUT2D eigenvalue weighted by Crippen LogP contribution is -2.33. The highest BCUT2D eigenvalue weighted by Crippen LogP contribution is 2.38. The Bertz CT molecular complexity index is 1460. The summed E-state index contributed by atoms with van der Waals surface area (Å²) in [5.74, 6) is 0.103. The van der Waals surface area contributed by atoms with Gasteiger partial charge in [-0.3, -0.25) is 19.1 Å². The fraction of sp³-hybridized carbons (Fsp3) is 0.222. The second-order valence-corrected chi connectivity index (χ2v) is 8.67. The Kier molecular flexibility index (Phi) is 6.32. The van der Waals surface area contributed by atoms with E-state index in [9.17, 15) is 22.8 Å². The highest BCUT2D eigenvalue weighted by atomic mass is 19.4. The fourth-order valence-electron chi connectivity index (χ4n) is 4.56. The summed E-state index contributed by atoms with van der Waals surface area (Å²) in [6.45, 7) is 0.323. The molecule has 1 aromatic heterocycles. The molecule has 37 heavy (non-hydrogen) atoms. The van der Waals surface area contributed by atoms with Gasteiger partial charge in [0, 0.05) is 6.54 Å². The first-order valence-electron chi connectivity index (χ1n) is 11.6. The van der Waals surface area contributed by atoms with Crippen molar-refractivity contribution < 1.29 is 27.5 Å². The molecular formula is C27H23F3N4O3. The predicted molar refractivity (Wildman–Crippen MR) is 133 cm³/mol. The van der Waals surface area contributed by atoms with Gasteiger partial charge in [-0.15, -0.1) is 0 Å². The Hall–Kier alpha value is -4.34. The number of halogens is 3. The first kappa shape index (κ1) is 24.4. The average Bonchev–Trinajstić information content (AvgIpc) is 3.37. The zero-order chi connectivity index (χ0) is 26.2. The van der Waals surface area contributed by atoms with E-state index in [4.69, 9.17) is 4.74 Å². The van der Waals surface area contributed by atoms with Gasteiger partial charge in [0.2, 0.25) is 11.9 Å². The summed E-state index contributed by atoms with van der Waals surface area (Å²) in [4.78, 5) is 32.6. The third kappa shape index (κ3) is 4.74. The Morgan fingerprint density at radius 2 is 1.73 bits per heavy atom. The third-order valence-electron chi connectivity index (χ3n) is 6.35. The molecule has 2 amide bonds. The second kappa shape index (κ2) is 9.61. The molecule has 0 saturated carbocycles. The molecule has 7 nitrogen and oxygen atoms in total. The van der Waals surface area contributed by atoms with Crippen molar-refractivity contribution in [3.05, 3.63) is 83.9 Å². The van der Waals surface area contributed by atoms with E-state index in [2.05, 4.69) is 10.3 Å². The maximum absolute atomic E-state index is 13.5. The number of benzene rings is 3. The van der Waals surface area contributed by atoms with Gasteiger partial charge in [0.25, 0.3) is 5.91 Å². The first-order chi connectivity index (χ1) is 17.8. The van der Waals surface area contributed by atoms with Crippen LogP contribution < -0.4 is 15.0 Å². The van der Waals surface area contributed by atoms with E-state index in [1.165, 1.54) is 23.1 Å². The molecule has 190 valence electrons. The third-order valence-corrected chi connectivity index (χ3v) is 6.35. The summed E-state index contributed by atoms with van der Waals surface area (Å²) in [5, 5.41) is 2.34. The maximum Gasteiger partial charge on any atom is 0.418 e. The van der Waals surface area contributed by atoms with Crippen LogP contribution in [-0.2, 0) is 22.2 Å². The topological polar surface area (TPSA) is 76.5 Å². The predicted octanol–water partition coefficient (Wildman–Crippen LogP) is 5.22. The van der Waals surface area contributed by atoms with E-state index in [0.29, 0.717) is 29.9 Å². The normalized spacial score (nSPS) is 15.2. The van der Waals surface area contributed by atoms with E-state index in [0.717, 1.165) is 17.4 Å². The van der Waals surface area contributed by atoms with Crippen LogP contribution in [0.3, 0.4) is 0 Å². The second-order valence-electron chi connectivity index (χ2n) is 8.67. The van der Waals surface area contributed by atoms with E-state index in [1.54, 1.807) is 23.8 Å². The smallest absolute Gasteiger partial charge is 0.418 e. The Morgan fingerprint density at radius 3 is 2.46 bits per heavy atom. The molecule has 10 heteroatoms. The van der Waals surface area contributed by atoms with Crippen molar-refractivity contribution in [3.63, 3.8) is 0 Å². The monoisotopic (exact) mass is 508 g/mol. The van der Waals surface area contributed by atoms with E-state index < -0.39 is 23.7 Å². The number of fused-ring (bicyclic) bond motifs is 3. The summed E-state index contributed by atoms with van der Waals surface area (Å²) in [7, 11) is 1.58. The summed E-state index contributed by atoms with van der Waals surface area (Å²) in [6, 6.07) is 18.5. The number of nitrogens with one attached hydrogen (secondary N) is 1. The van der Waals surface area contributed by atoms with Gasteiger partial charge >= 0.3 is 6.18 Å². The van der Waals surface area contributed by atoms with Gasteiger partial charge < -0.3 is 10.1 Å². The van der Waals surface area contributed by atoms with Crippen LogP contribution in [-0.4, -0.2) is 35.0 Å². The van der Waals surface area contributed by atoms with Gasteiger partial charge in [-0.05, 0) is 48.4 Å². The fourth-order valence-corrected chi connectivity index (χ4v) is 4.56. The minimum atomic E-state index is -4.63. The van der Waals surface area contributed by atoms with Crippen molar-refractivity contribution in [2.75, 3.05) is 23.9 Å². The van der Waals surface area contributed by atoms with Crippen molar-refractivity contribution in [1.29, 1.82) is 0 Å². The van der Waals surface area contributed by atoms with Crippen LogP contribution in [0.15, 0.2) is 72.8 Å². The lowest BCUT2D eigenvalue weighted by atomic mass is 10.1. The SMILES string of the molecule is COc1ccc(CCN2C(=O)[C@H](CC(=O)Nc3ccccc3C(F)(F)F)n3c2nc2ccccc23)cc1. The summed E-state index contributed by atoms with van der Waals surface area (Å²) in [6.07, 6.45) is -4.42. The van der Waals surface area contributed by atoms with Crippen LogP contribution in [0.2, 0.25) is 0 Å². The van der Waals surface area contributed by atoms with Crippen LogP contribution in [0.25, 0.3) is 11.0 Å². The first-order valence-corrected chi connectivity index (χ1v) is 11.6. The molecule has 0 saturated heterocycles. The number of amides is 2. The Morgan fingerprint density at radius 1 is 1.03 bits per heavy atom. The number of carbonyl (C=O) groups is 2. The molecule has 1 aliphatic heterocycles. The van der Waals surface area contributed by atoms with Gasteiger partial charge in [-0.2, -0.15) is 13.2 Å². The van der Waals surface area contributed by atoms with Gasteiger partial charge in [-0.25, -0.2) is 4.98 Å². The van der Waals surface area contributed by atoms with Crippen molar-refractivity contribution in [3.8, 4) is 5.75 Å². The number of imidazole rings is 1. The van der Waals surface area contributed by atoms with Crippen LogP contribution >= 0.6 is 0 Å². The number of para-hydroxylation sites is 3. The van der Waals surface area contributed by atoms with Crippen molar-refractivity contribution in [2.24, 2.45) is 0 Å². The van der Waals surface area contributed by atoms with Gasteiger partial charge in [-0.1, -0.05) is 36.4 Å². The number of hydrogen-bond acceptors (Lipinski definition) is 4. The molecule has 1 N–H and O–H groups in total. The zero-order valence-corrected chi connectivity index (χ0v) is 19.8. The molecule has 0 aliphatic carbocycles. The standard InChI is InChI=1S/C27H23F3N4O3/c1-37-18-12-10-17(11-13-18)14-15-33-25(36)23(34-22-9-5-4-8-21(22)32-26(33)34)16-24(35)31-20-7-3-2-6-19(20)27(28,29)30/h2-13,23H,14-16H2,1H3,(H,31,35)/t23-/m0/s1. The lowest BCUT2D eigenvalue weighted by molar-refractivity contribution is -0.137. The van der Waals surface area contributed by atoms with E-state index in [1.807, 2.05) is 36.4 Å². The number of hydrogen-bond donors (Lipinski definition) is 1. The highest BCUT2D eigenvalue weighted by Gasteiger charge is 2.41. The Labute approximate surface area is 210 Å². The highest BCUT2D eigenvalue weighted by molar-refractivity contribution is 6.05. The quantitative estimate of drug-likeness (QED) is 0.371. The number of nitrogens with zero attached hydrogens (tertiary/aromatic N) is 3. The summed E-state index contributed by atoms with van der Waals surface area (Å²) in [5.41, 5.74) is 1.02. The minimum Gasteiger partial charge on any atom is -0.497 e. The molecule has 4 aromatic rings. The zero-order valence-electron chi connectivity index (χ0n) is 19.8. The minimum absolute atomic E-state index is 0.323. The van der Waals surface area contributed by atoms with Crippen LogP contribution in [0.4, 0.5) is 24.8 Å². The number of alkyl halides is 3. The maximum atomic E-state index is 13.5. The molecule has 0 spiro atoms. The molecule has 1 atom stereocenters. The van der Waals surface area contributed by atoms with E-state index >= 15 is 0 Å². The van der Waals surface area contributed by atoms with Crippen LogP contribution in [0, 0.1) is 0 Å². The van der Waals surface area contributed by atoms with Crippen LogP contribution in [0.5, 0.6) is 5.75 Å². The largest absolute Gasteiger partial charge is 0.497 e. The molecule has 0 bridgehead atoms.